The molecular formula is C22H38. The molecule has 0 aliphatic rings. The number of benzene rings is 1. The summed E-state index contributed by atoms with van der Waals surface area (Å²) in [6.45, 7) is 4.60. The molecule has 0 fully saturated rings. The third-order valence-electron chi connectivity index (χ3n) is 4.83. The fourth-order valence-corrected chi connectivity index (χ4v) is 3.37. The van der Waals surface area contributed by atoms with E-state index >= 15 is 0 Å². The molecule has 1 rings (SSSR count). The molecule has 0 aliphatic heterocycles. The molecule has 0 bridgehead atoms. The lowest BCUT2D eigenvalue weighted by Crippen LogP contribution is -1.99. The van der Waals surface area contributed by atoms with Crippen molar-refractivity contribution in [3.8, 4) is 0 Å². The van der Waals surface area contributed by atoms with E-state index in [-0.39, 0.29) is 0 Å². The minimum atomic E-state index is 0.799. The molecule has 126 valence electrons. The van der Waals surface area contributed by atoms with Crippen LogP contribution in [0, 0.1) is 0 Å². The summed E-state index contributed by atoms with van der Waals surface area (Å²) in [6.07, 6.45) is 18.3. The van der Waals surface area contributed by atoms with Gasteiger partial charge in [0.25, 0.3) is 0 Å². The summed E-state index contributed by atoms with van der Waals surface area (Å²) in [6, 6.07) is 11.2. The molecular weight excluding hydrogens is 264 g/mol. The van der Waals surface area contributed by atoms with E-state index in [0.29, 0.717) is 0 Å². The van der Waals surface area contributed by atoms with Crippen LogP contribution in [0.15, 0.2) is 30.3 Å². The first-order valence-electron chi connectivity index (χ1n) is 9.93. The summed E-state index contributed by atoms with van der Waals surface area (Å²) in [5.74, 6) is 0.799. The molecule has 1 aromatic carbocycles. The van der Waals surface area contributed by atoms with Crippen LogP contribution >= 0.6 is 0 Å². The Balaban J connectivity index is 2.21. The number of hydrogen-bond donors (Lipinski definition) is 0. The largest absolute Gasteiger partial charge is 0.0654 e. The lowest BCUT2D eigenvalue weighted by molar-refractivity contribution is 0.492. The molecule has 22 heavy (non-hydrogen) atoms. The Morgan fingerprint density at radius 3 is 1.64 bits per heavy atom. The molecule has 0 heterocycles. The zero-order chi connectivity index (χ0) is 15.9. The van der Waals surface area contributed by atoms with Crippen LogP contribution in [0.2, 0.25) is 0 Å². The first-order chi connectivity index (χ1) is 10.9. The monoisotopic (exact) mass is 302 g/mol. The second-order valence-corrected chi connectivity index (χ2v) is 6.87. The van der Waals surface area contributed by atoms with Crippen LogP contribution in [0.3, 0.4) is 0 Å². The van der Waals surface area contributed by atoms with Gasteiger partial charge in [0, 0.05) is 0 Å². The second-order valence-electron chi connectivity index (χ2n) is 6.87. The van der Waals surface area contributed by atoms with Gasteiger partial charge in [-0.3, -0.25) is 0 Å². The van der Waals surface area contributed by atoms with Gasteiger partial charge in [-0.15, -0.1) is 0 Å². The molecule has 1 aromatic rings. The fraction of sp³-hybridized carbons (Fsp3) is 0.727. The molecule has 0 aliphatic carbocycles. The van der Waals surface area contributed by atoms with Crippen molar-refractivity contribution in [1.29, 1.82) is 0 Å². The lowest BCUT2D eigenvalue weighted by atomic mass is 9.88. The highest BCUT2D eigenvalue weighted by molar-refractivity contribution is 5.19. The molecule has 0 saturated heterocycles. The van der Waals surface area contributed by atoms with Crippen LogP contribution < -0.4 is 0 Å². The number of rotatable bonds is 14. The van der Waals surface area contributed by atoms with Gasteiger partial charge in [-0.05, 0) is 24.3 Å². The van der Waals surface area contributed by atoms with E-state index < -0.39 is 0 Å². The van der Waals surface area contributed by atoms with Crippen molar-refractivity contribution < 1.29 is 0 Å². The highest BCUT2D eigenvalue weighted by Crippen LogP contribution is 2.28. The van der Waals surface area contributed by atoms with Gasteiger partial charge >= 0.3 is 0 Å². The van der Waals surface area contributed by atoms with E-state index in [1.807, 2.05) is 0 Å². The molecule has 0 saturated carbocycles. The van der Waals surface area contributed by atoms with Gasteiger partial charge in [0.15, 0.2) is 0 Å². The van der Waals surface area contributed by atoms with E-state index in [4.69, 9.17) is 0 Å². The molecule has 0 aromatic heterocycles. The topological polar surface area (TPSA) is 0 Å². The smallest absolute Gasteiger partial charge is 0.0162 e. The highest BCUT2D eigenvalue weighted by Gasteiger charge is 2.10. The predicted molar refractivity (Wildman–Crippen MR) is 101 cm³/mol. The maximum Gasteiger partial charge on any atom is -0.0162 e. The quantitative estimate of drug-likeness (QED) is 0.306. The van der Waals surface area contributed by atoms with Crippen molar-refractivity contribution in [2.24, 2.45) is 0 Å². The summed E-state index contributed by atoms with van der Waals surface area (Å²) < 4.78 is 0. The highest BCUT2D eigenvalue weighted by atomic mass is 14.2. The van der Waals surface area contributed by atoms with E-state index in [1.165, 1.54) is 83.5 Å². The molecule has 0 nitrogen and oxygen atoms in total. The van der Waals surface area contributed by atoms with Crippen molar-refractivity contribution in [2.75, 3.05) is 0 Å². The summed E-state index contributed by atoms with van der Waals surface area (Å²) in [5, 5.41) is 0. The van der Waals surface area contributed by atoms with Crippen LogP contribution in [0.4, 0.5) is 0 Å². The minimum Gasteiger partial charge on any atom is -0.0654 e. The summed E-state index contributed by atoms with van der Waals surface area (Å²) in [4.78, 5) is 0. The Morgan fingerprint density at radius 1 is 0.591 bits per heavy atom. The second kappa shape index (κ2) is 13.9. The summed E-state index contributed by atoms with van der Waals surface area (Å²) >= 11 is 0. The molecule has 1 atom stereocenters. The predicted octanol–water partition coefficient (Wildman–Crippen LogP) is 7.88. The first kappa shape index (κ1) is 19.3. The standard InChI is InChI=1S/C22H38/c1-3-5-7-8-9-10-11-14-18-21(17-13-6-4-2)22-19-15-12-16-20-22/h12,15-16,19-21H,3-11,13-14,17-18H2,1-2H3. The van der Waals surface area contributed by atoms with Crippen LogP contribution in [-0.4, -0.2) is 0 Å². The Morgan fingerprint density at radius 2 is 1.05 bits per heavy atom. The van der Waals surface area contributed by atoms with Crippen LogP contribution in [-0.2, 0) is 0 Å². The van der Waals surface area contributed by atoms with Crippen LogP contribution in [0.5, 0.6) is 0 Å². The van der Waals surface area contributed by atoms with Gasteiger partial charge in [-0.25, -0.2) is 0 Å². The normalized spacial score (nSPS) is 12.5. The lowest BCUT2D eigenvalue weighted by Gasteiger charge is -2.17. The molecule has 1 unspecified atom stereocenters. The van der Waals surface area contributed by atoms with Crippen LogP contribution in [0.1, 0.15) is 109 Å². The molecule has 0 radical (unpaired) electrons. The van der Waals surface area contributed by atoms with Crippen molar-refractivity contribution >= 4 is 0 Å². The molecule has 0 heteroatoms. The van der Waals surface area contributed by atoms with Crippen LogP contribution in [0.25, 0.3) is 0 Å². The number of unbranched alkanes of at least 4 members (excludes halogenated alkanes) is 9. The van der Waals surface area contributed by atoms with E-state index in [0.717, 1.165) is 5.92 Å². The van der Waals surface area contributed by atoms with Gasteiger partial charge in [0.2, 0.25) is 0 Å². The fourth-order valence-electron chi connectivity index (χ4n) is 3.37. The molecule has 0 amide bonds. The molecule has 0 spiro atoms. The van der Waals surface area contributed by atoms with E-state index in [2.05, 4.69) is 44.2 Å². The first-order valence-corrected chi connectivity index (χ1v) is 9.93. The summed E-state index contributed by atoms with van der Waals surface area (Å²) in [5.41, 5.74) is 1.57. The maximum absolute atomic E-state index is 2.33. The van der Waals surface area contributed by atoms with Crippen molar-refractivity contribution in [3.63, 3.8) is 0 Å². The average Bonchev–Trinajstić information content (AvgIpc) is 2.56. The Labute approximate surface area is 139 Å². The Kier molecular flexibility index (Phi) is 12.1. The van der Waals surface area contributed by atoms with Gasteiger partial charge in [-0.1, -0.05) is 115 Å². The van der Waals surface area contributed by atoms with E-state index in [9.17, 15) is 0 Å². The van der Waals surface area contributed by atoms with E-state index in [1.54, 1.807) is 5.56 Å². The van der Waals surface area contributed by atoms with Crippen molar-refractivity contribution in [1.82, 2.24) is 0 Å². The molecule has 0 N–H and O–H groups in total. The average molecular weight is 303 g/mol. The number of hydrogen-bond acceptors (Lipinski definition) is 0. The van der Waals surface area contributed by atoms with Gasteiger partial charge in [-0.2, -0.15) is 0 Å². The third kappa shape index (κ3) is 9.28. The van der Waals surface area contributed by atoms with Crippen molar-refractivity contribution in [2.45, 2.75) is 103 Å². The third-order valence-corrected chi connectivity index (χ3v) is 4.83. The SMILES string of the molecule is CCCCCCCCCCC(CCCCC)c1ccccc1. The summed E-state index contributed by atoms with van der Waals surface area (Å²) in [7, 11) is 0. The minimum absolute atomic E-state index is 0.799. The Bertz CT molecular complexity index is 327. The van der Waals surface area contributed by atoms with Gasteiger partial charge in [0.05, 0.1) is 0 Å². The van der Waals surface area contributed by atoms with Crippen molar-refractivity contribution in [3.05, 3.63) is 35.9 Å². The maximum atomic E-state index is 2.33. The van der Waals surface area contributed by atoms with Gasteiger partial charge in [0.1, 0.15) is 0 Å². The zero-order valence-electron chi connectivity index (χ0n) is 15.2. The Hall–Kier alpha value is -0.780. The van der Waals surface area contributed by atoms with Gasteiger partial charge < -0.3 is 0 Å². The zero-order valence-corrected chi connectivity index (χ0v) is 15.2.